The van der Waals surface area contributed by atoms with Crippen LogP contribution >= 0.6 is 0 Å². The molecule has 0 spiro atoms. The Bertz CT molecular complexity index is 418. The molecule has 1 rings (SSSR count). The van der Waals surface area contributed by atoms with Gasteiger partial charge in [-0.1, -0.05) is 26.0 Å². The third kappa shape index (κ3) is 4.09. The lowest BCUT2D eigenvalue weighted by Crippen LogP contribution is -2.33. The second-order valence-electron chi connectivity index (χ2n) is 5.28. The largest absolute Gasteiger partial charge is 0.396 e. The zero-order valence-electron chi connectivity index (χ0n) is 11.0. The Kier molecular flexibility index (Phi) is 4.81. The van der Waals surface area contributed by atoms with Crippen molar-refractivity contribution in [1.82, 2.24) is 5.32 Å². The van der Waals surface area contributed by atoms with Crippen LogP contribution < -0.4 is 5.32 Å². The van der Waals surface area contributed by atoms with Crippen LogP contribution in [0.3, 0.4) is 0 Å². The molecule has 18 heavy (non-hydrogen) atoms. The van der Waals surface area contributed by atoms with Gasteiger partial charge >= 0.3 is 0 Å². The zero-order valence-corrected chi connectivity index (χ0v) is 11.0. The van der Waals surface area contributed by atoms with E-state index in [0.29, 0.717) is 6.54 Å². The molecule has 0 aliphatic heterocycles. The molecule has 100 valence electrons. The van der Waals surface area contributed by atoms with Gasteiger partial charge in [0, 0.05) is 36.7 Å². The second kappa shape index (κ2) is 5.93. The van der Waals surface area contributed by atoms with Crippen LogP contribution in [0.4, 0.5) is 5.69 Å². The number of aliphatic hydroxyl groups excluding tert-OH is 1. The molecular formula is C13H20N2O3. The summed E-state index contributed by atoms with van der Waals surface area (Å²) in [6.45, 7) is 6.61. The molecule has 0 fully saturated rings. The average molecular weight is 252 g/mol. The van der Waals surface area contributed by atoms with Gasteiger partial charge in [-0.25, -0.2) is 0 Å². The molecule has 1 aromatic rings. The lowest BCUT2D eigenvalue weighted by atomic mass is 9.94. The molecule has 0 bridgehead atoms. The van der Waals surface area contributed by atoms with Crippen molar-refractivity contribution in [2.75, 3.05) is 13.2 Å². The summed E-state index contributed by atoms with van der Waals surface area (Å²) in [5, 5.41) is 23.1. The number of hydrogen-bond donors (Lipinski definition) is 2. The monoisotopic (exact) mass is 252 g/mol. The molecule has 0 saturated heterocycles. The number of aliphatic hydroxyl groups is 1. The Morgan fingerprint density at radius 3 is 2.72 bits per heavy atom. The average Bonchev–Trinajstić information content (AvgIpc) is 2.36. The van der Waals surface area contributed by atoms with Crippen molar-refractivity contribution in [2.45, 2.75) is 26.8 Å². The topological polar surface area (TPSA) is 75.4 Å². The molecule has 0 amide bonds. The lowest BCUT2D eigenvalue weighted by Gasteiger charge is -2.25. The number of benzene rings is 1. The Balaban J connectivity index is 2.69. The number of non-ortho nitro benzene ring substituents is 1. The van der Waals surface area contributed by atoms with E-state index in [1.165, 1.54) is 6.07 Å². The fourth-order valence-electron chi connectivity index (χ4n) is 1.51. The van der Waals surface area contributed by atoms with Gasteiger partial charge in [0.2, 0.25) is 0 Å². The SMILES string of the molecule is CC(NCC(C)(C)CO)c1cccc([N+](=O)[O-])c1. The highest BCUT2D eigenvalue weighted by atomic mass is 16.6. The van der Waals surface area contributed by atoms with Crippen molar-refractivity contribution in [3.05, 3.63) is 39.9 Å². The minimum atomic E-state index is -0.395. The van der Waals surface area contributed by atoms with E-state index in [0.717, 1.165) is 5.56 Å². The van der Waals surface area contributed by atoms with Crippen LogP contribution in [0, 0.1) is 15.5 Å². The molecule has 1 unspecified atom stereocenters. The van der Waals surface area contributed by atoms with Crippen LogP contribution in [-0.4, -0.2) is 23.2 Å². The number of nitrogens with zero attached hydrogens (tertiary/aromatic N) is 1. The van der Waals surface area contributed by atoms with Crippen LogP contribution in [0.5, 0.6) is 0 Å². The van der Waals surface area contributed by atoms with Crippen molar-refractivity contribution in [3.63, 3.8) is 0 Å². The Labute approximate surface area is 107 Å². The Hall–Kier alpha value is -1.46. The predicted molar refractivity (Wildman–Crippen MR) is 70.4 cm³/mol. The standard InChI is InChI=1S/C13H20N2O3/c1-10(14-8-13(2,3)9-16)11-5-4-6-12(7-11)15(17)18/h4-7,10,14,16H,8-9H2,1-3H3. The van der Waals surface area contributed by atoms with Gasteiger partial charge in [0.1, 0.15) is 0 Å². The molecule has 5 heteroatoms. The van der Waals surface area contributed by atoms with E-state index in [1.54, 1.807) is 12.1 Å². The fourth-order valence-corrected chi connectivity index (χ4v) is 1.51. The highest BCUT2D eigenvalue weighted by molar-refractivity contribution is 5.35. The van der Waals surface area contributed by atoms with E-state index in [9.17, 15) is 10.1 Å². The maximum atomic E-state index is 10.7. The first-order valence-electron chi connectivity index (χ1n) is 5.94. The molecule has 2 N–H and O–H groups in total. The van der Waals surface area contributed by atoms with Crippen LogP contribution in [0.1, 0.15) is 32.4 Å². The molecule has 0 aliphatic carbocycles. The summed E-state index contributed by atoms with van der Waals surface area (Å²) >= 11 is 0. The lowest BCUT2D eigenvalue weighted by molar-refractivity contribution is -0.384. The molecule has 0 heterocycles. The number of rotatable bonds is 6. The van der Waals surface area contributed by atoms with Gasteiger partial charge in [-0.3, -0.25) is 10.1 Å². The minimum Gasteiger partial charge on any atom is -0.396 e. The number of nitro benzene ring substituents is 1. The normalized spacial score (nSPS) is 13.3. The van der Waals surface area contributed by atoms with E-state index in [2.05, 4.69) is 5.32 Å². The molecule has 0 radical (unpaired) electrons. The van der Waals surface area contributed by atoms with Crippen molar-refractivity contribution in [3.8, 4) is 0 Å². The minimum absolute atomic E-state index is 0.00993. The number of nitro groups is 1. The van der Waals surface area contributed by atoms with Crippen molar-refractivity contribution in [1.29, 1.82) is 0 Å². The molecule has 0 saturated carbocycles. The van der Waals surface area contributed by atoms with Crippen LogP contribution in [0.25, 0.3) is 0 Å². The van der Waals surface area contributed by atoms with Gasteiger partial charge < -0.3 is 10.4 Å². The third-order valence-electron chi connectivity index (χ3n) is 2.90. The predicted octanol–water partition coefficient (Wildman–Crippen LogP) is 2.26. The maximum Gasteiger partial charge on any atom is 0.269 e. The van der Waals surface area contributed by atoms with Crippen LogP contribution in [-0.2, 0) is 0 Å². The van der Waals surface area contributed by atoms with Gasteiger partial charge in [0.05, 0.1) is 4.92 Å². The van der Waals surface area contributed by atoms with E-state index in [-0.39, 0.29) is 23.8 Å². The molecule has 1 aromatic carbocycles. The van der Waals surface area contributed by atoms with Crippen molar-refractivity contribution in [2.24, 2.45) is 5.41 Å². The van der Waals surface area contributed by atoms with Crippen molar-refractivity contribution < 1.29 is 10.0 Å². The summed E-state index contributed by atoms with van der Waals surface area (Å²) in [6, 6.07) is 6.60. The molecule has 0 aromatic heterocycles. The van der Waals surface area contributed by atoms with Crippen LogP contribution in [0.2, 0.25) is 0 Å². The highest BCUT2D eigenvalue weighted by Crippen LogP contribution is 2.20. The Morgan fingerprint density at radius 2 is 2.17 bits per heavy atom. The summed E-state index contributed by atoms with van der Waals surface area (Å²) in [4.78, 5) is 10.3. The maximum absolute atomic E-state index is 10.7. The molecular weight excluding hydrogens is 232 g/mol. The summed E-state index contributed by atoms with van der Waals surface area (Å²) < 4.78 is 0. The highest BCUT2D eigenvalue weighted by Gasteiger charge is 2.18. The van der Waals surface area contributed by atoms with Gasteiger partial charge in [-0.15, -0.1) is 0 Å². The van der Waals surface area contributed by atoms with Crippen molar-refractivity contribution >= 4 is 5.69 Å². The van der Waals surface area contributed by atoms with E-state index in [1.807, 2.05) is 26.8 Å². The number of hydrogen-bond acceptors (Lipinski definition) is 4. The van der Waals surface area contributed by atoms with Crippen LogP contribution in [0.15, 0.2) is 24.3 Å². The molecule has 1 atom stereocenters. The van der Waals surface area contributed by atoms with E-state index < -0.39 is 4.92 Å². The summed E-state index contributed by atoms with van der Waals surface area (Å²) in [5.74, 6) is 0. The fraction of sp³-hybridized carbons (Fsp3) is 0.538. The van der Waals surface area contributed by atoms with Gasteiger partial charge in [-0.05, 0) is 12.5 Å². The van der Waals surface area contributed by atoms with Gasteiger partial charge in [-0.2, -0.15) is 0 Å². The second-order valence-corrected chi connectivity index (χ2v) is 5.28. The van der Waals surface area contributed by atoms with Gasteiger partial charge in [0.25, 0.3) is 5.69 Å². The Morgan fingerprint density at radius 1 is 1.50 bits per heavy atom. The first-order chi connectivity index (χ1) is 8.35. The van der Waals surface area contributed by atoms with Gasteiger partial charge in [0.15, 0.2) is 0 Å². The first-order valence-corrected chi connectivity index (χ1v) is 5.94. The molecule has 0 aliphatic rings. The number of nitrogens with one attached hydrogen (secondary N) is 1. The summed E-state index contributed by atoms with van der Waals surface area (Å²) in [5.41, 5.74) is 0.773. The summed E-state index contributed by atoms with van der Waals surface area (Å²) in [6.07, 6.45) is 0. The third-order valence-corrected chi connectivity index (χ3v) is 2.90. The zero-order chi connectivity index (χ0) is 13.8. The quantitative estimate of drug-likeness (QED) is 0.601. The molecule has 5 nitrogen and oxygen atoms in total. The summed E-state index contributed by atoms with van der Waals surface area (Å²) in [7, 11) is 0. The van der Waals surface area contributed by atoms with E-state index >= 15 is 0 Å². The first kappa shape index (κ1) is 14.6. The van der Waals surface area contributed by atoms with E-state index in [4.69, 9.17) is 5.11 Å². The smallest absolute Gasteiger partial charge is 0.269 e.